The standard InChI is InChI=1S/C17H34N3O4P/c1-6-18-15(21)7-10-25(24,11-8-16(22)19-13(2)3)12-9-17(23)20-14(4)5/h13-14H,6-12H2,1-5H3,(H,18,21)(H,19,22)(H,20,23). The zero-order valence-corrected chi connectivity index (χ0v) is 17.1. The van der Waals surface area contributed by atoms with E-state index in [0.717, 1.165) is 0 Å². The summed E-state index contributed by atoms with van der Waals surface area (Å²) in [6.07, 6.45) is 1.12. The van der Waals surface area contributed by atoms with Crippen molar-refractivity contribution in [1.29, 1.82) is 0 Å². The molecule has 0 aliphatic rings. The third-order valence-corrected chi connectivity index (χ3v) is 6.63. The monoisotopic (exact) mass is 375 g/mol. The first-order valence-corrected chi connectivity index (χ1v) is 11.3. The van der Waals surface area contributed by atoms with Gasteiger partial charge in [0, 0.05) is 56.4 Å². The van der Waals surface area contributed by atoms with Gasteiger partial charge in [-0.15, -0.1) is 0 Å². The number of nitrogens with one attached hydrogen (secondary N) is 3. The van der Waals surface area contributed by atoms with Crippen molar-refractivity contribution in [2.45, 2.75) is 66.0 Å². The van der Waals surface area contributed by atoms with E-state index in [2.05, 4.69) is 16.0 Å². The third kappa shape index (κ3) is 12.6. The topological polar surface area (TPSA) is 104 Å². The van der Waals surface area contributed by atoms with Gasteiger partial charge in [-0.1, -0.05) is 0 Å². The maximum Gasteiger partial charge on any atom is 0.220 e. The largest absolute Gasteiger partial charge is 0.356 e. The lowest BCUT2D eigenvalue weighted by molar-refractivity contribution is -0.121. The van der Waals surface area contributed by atoms with Crippen molar-refractivity contribution >= 4 is 24.9 Å². The average Bonchev–Trinajstić information content (AvgIpc) is 2.48. The second-order valence-corrected chi connectivity index (χ2v) is 10.3. The SMILES string of the molecule is CCNC(=O)CCP(=O)(CCC(=O)NC(C)C)CCC(=O)NC(C)C. The third-order valence-electron chi connectivity index (χ3n) is 3.51. The van der Waals surface area contributed by atoms with Gasteiger partial charge in [0.15, 0.2) is 0 Å². The summed E-state index contributed by atoms with van der Waals surface area (Å²) < 4.78 is 13.2. The first-order valence-electron chi connectivity index (χ1n) is 9.00. The molecule has 0 saturated carbocycles. The molecule has 0 saturated heterocycles. The number of hydrogen-bond donors (Lipinski definition) is 3. The van der Waals surface area contributed by atoms with Crippen LogP contribution in [0.2, 0.25) is 0 Å². The van der Waals surface area contributed by atoms with Crippen LogP contribution in [0.3, 0.4) is 0 Å². The molecule has 0 atom stereocenters. The van der Waals surface area contributed by atoms with E-state index < -0.39 is 7.14 Å². The molecule has 3 N–H and O–H groups in total. The first kappa shape index (κ1) is 23.6. The summed E-state index contributed by atoms with van der Waals surface area (Å²) in [6.45, 7) is 9.80. The number of rotatable bonds is 12. The Morgan fingerprint density at radius 3 is 1.44 bits per heavy atom. The van der Waals surface area contributed by atoms with Crippen molar-refractivity contribution in [3.05, 3.63) is 0 Å². The first-order chi connectivity index (χ1) is 11.6. The maximum absolute atomic E-state index is 13.2. The van der Waals surface area contributed by atoms with Gasteiger partial charge in [0.1, 0.15) is 0 Å². The Labute approximate surface area is 151 Å². The van der Waals surface area contributed by atoms with Crippen molar-refractivity contribution in [3.63, 3.8) is 0 Å². The van der Waals surface area contributed by atoms with E-state index in [4.69, 9.17) is 0 Å². The van der Waals surface area contributed by atoms with Gasteiger partial charge in [-0.05, 0) is 34.6 Å². The average molecular weight is 375 g/mol. The van der Waals surface area contributed by atoms with Crippen molar-refractivity contribution in [3.8, 4) is 0 Å². The van der Waals surface area contributed by atoms with Crippen LogP contribution in [0.4, 0.5) is 0 Å². The highest BCUT2D eigenvalue weighted by molar-refractivity contribution is 7.64. The van der Waals surface area contributed by atoms with E-state index in [9.17, 15) is 18.9 Å². The Morgan fingerprint density at radius 2 is 1.12 bits per heavy atom. The Bertz CT molecular complexity index is 462. The van der Waals surface area contributed by atoms with E-state index in [-0.39, 0.29) is 67.6 Å². The van der Waals surface area contributed by atoms with E-state index in [1.807, 2.05) is 34.6 Å². The molecule has 0 aromatic heterocycles. The zero-order valence-electron chi connectivity index (χ0n) is 16.2. The molecule has 146 valence electrons. The van der Waals surface area contributed by atoms with Gasteiger partial charge in [-0.25, -0.2) is 0 Å². The second kappa shape index (κ2) is 12.1. The minimum absolute atomic E-state index is 0.0269. The minimum Gasteiger partial charge on any atom is -0.356 e. The molecule has 0 spiro atoms. The predicted octanol–water partition coefficient (Wildman–Crippen LogP) is 1.71. The molecule has 8 heteroatoms. The van der Waals surface area contributed by atoms with Gasteiger partial charge in [0.2, 0.25) is 17.7 Å². The number of carbonyl (C=O) groups is 3. The van der Waals surface area contributed by atoms with Gasteiger partial charge in [0.05, 0.1) is 7.14 Å². The molecule has 0 radical (unpaired) electrons. The van der Waals surface area contributed by atoms with Crippen LogP contribution in [0.15, 0.2) is 0 Å². The lowest BCUT2D eigenvalue weighted by Gasteiger charge is -2.19. The summed E-state index contributed by atoms with van der Waals surface area (Å²) >= 11 is 0. The molecule has 0 aromatic carbocycles. The summed E-state index contributed by atoms with van der Waals surface area (Å²) in [5.74, 6) is -0.458. The summed E-state index contributed by atoms with van der Waals surface area (Å²) in [6, 6.07) is 0.0538. The Hall–Kier alpha value is -1.36. The maximum atomic E-state index is 13.2. The molecular weight excluding hydrogens is 341 g/mol. The Balaban J connectivity index is 4.72. The van der Waals surface area contributed by atoms with Gasteiger partial charge in [-0.3, -0.25) is 14.4 Å². The Kier molecular flexibility index (Phi) is 11.4. The van der Waals surface area contributed by atoms with Crippen LogP contribution in [0.5, 0.6) is 0 Å². The summed E-state index contributed by atoms with van der Waals surface area (Å²) in [7, 11) is -2.77. The molecule has 0 unspecified atom stereocenters. The fraction of sp³-hybridized carbons (Fsp3) is 0.824. The molecule has 0 bridgehead atoms. The van der Waals surface area contributed by atoms with Crippen LogP contribution >= 0.6 is 7.14 Å². The van der Waals surface area contributed by atoms with Crippen LogP contribution in [0.25, 0.3) is 0 Å². The summed E-state index contributed by atoms with van der Waals surface area (Å²) in [5.41, 5.74) is 0. The molecule has 0 heterocycles. The van der Waals surface area contributed by atoms with Crippen molar-refractivity contribution < 1.29 is 18.9 Å². The van der Waals surface area contributed by atoms with E-state index in [0.29, 0.717) is 6.54 Å². The molecule has 0 aliphatic heterocycles. The highest BCUT2D eigenvalue weighted by Gasteiger charge is 2.25. The quantitative estimate of drug-likeness (QED) is 0.452. The summed E-state index contributed by atoms with van der Waals surface area (Å²) in [4.78, 5) is 35.3. The fourth-order valence-electron chi connectivity index (χ4n) is 2.33. The van der Waals surface area contributed by atoms with Gasteiger partial charge < -0.3 is 20.5 Å². The van der Waals surface area contributed by atoms with Crippen LogP contribution in [0, 0.1) is 0 Å². The second-order valence-electron chi connectivity index (χ2n) is 6.88. The van der Waals surface area contributed by atoms with Crippen LogP contribution in [-0.4, -0.2) is 54.8 Å². The summed E-state index contributed by atoms with van der Waals surface area (Å²) in [5, 5.41) is 8.23. The van der Waals surface area contributed by atoms with Gasteiger partial charge >= 0.3 is 0 Å². The van der Waals surface area contributed by atoms with E-state index in [1.165, 1.54) is 0 Å². The van der Waals surface area contributed by atoms with E-state index in [1.54, 1.807) is 0 Å². The van der Waals surface area contributed by atoms with Crippen molar-refractivity contribution in [2.75, 3.05) is 25.0 Å². The number of carbonyl (C=O) groups excluding carboxylic acids is 3. The van der Waals surface area contributed by atoms with Gasteiger partial charge in [0.25, 0.3) is 0 Å². The van der Waals surface area contributed by atoms with Crippen LogP contribution in [0.1, 0.15) is 53.9 Å². The lowest BCUT2D eigenvalue weighted by atomic mass is 10.3. The molecule has 0 rings (SSSR count). The highest BCUT2D eigenvalue weighted by Crippen LogP contribution is 2.47. The molecule has 0 aromatic rings. The molecule has 0 fully saturated rings. The molecule has 0 aliphatic carbocycles. The van der Waals surface area contributed by atoms with Crippen LogP contribution in [-0.2, 0) is 18.9 Å². The zero-order chi connectivity index (χ0) is 19.5. The number of hydrogen-bond acceptors (Lipinski definition) is 4. The van der Waals surface area contributed by atoms with Crippen molar-refractivity contribution in [2.24, 2.45) is 0 Å². The van der Waals surface area contributed by atoms with E-state index >= 15 is 0 Å². The molecular formula is C17H34N3O4P. The Morgan fingerprint density at radius 1 is 0.760 bits per heavy atom. The normalized spacial score (nSPS) is 11.5. The van der Waals surface area contributed by atoms with Gasteiger partial charge in [-0.2, -0.15) is 0 Å². The smallest absolute Gasteiger partial charge is 0.220 e. The molecule has 25 heavy (non-hydrogen) atoms. The number of amides is 3. The fourth-order valence-corrected chi connectivity index (χ4v) is 4.83. The predicted molar refractivity (Wildman–Crippen MR) is 101 cm³/mol. The highest BCUT2D eigenvalue weighted by atomic mass is 31.2. The lowest BCUT2D eigenvalue weighted by Crippen LogP contribution is -2.32. The minimum atomic E-state index is -2.77. The molecule has 3 amide bonds. The molecule has 7 nitrogen and oxygen atoms in total. The van der Waals surface area contributed by atoms with Crippen molar-refractivity contribution in [1.82, 2.24) is 16.0 Å². The van der Waals surface area contributed by atoms with Crippen LogP contribution < -0.4 is 16.0 Å².